The smallest absolute Gasteiger partial charge is 0.261 e. The maximum Gasteiger partial charge on any atom is 0.261 e. The predicted molar refractivity (Wildman–Crippen MR) is 130 cm³/mol. The number of ether oxygens (including phenoxy) is 1. The van der Waals surface area contributed by atoms with Crippen LogP contribution in [0.1, 0.15) is 27.0 Å². The quantitative estimate of drug-likeness (QED) is 0.401. The van der Waals surface area contributed by atoms with Gasteiger partial charge < -0.3 is 14.5 Å². The van der Waals surface area contributed by atoms with E-state index in [1.807, 2.05) is 45.0 Å². The van der Waals surface area contributed by atoms with Gasteiger partial charge in [0.15, 0.2) is 10.7 Å². The minimum Gasteiger partial charge on any atom is -0.496 e. The van der Waals surface area contributed by atoms with Crippen molar-refractivity contribution in [2.24, 2.45) is 0 Å². The Kier molecular flexibility index (Phi) is 5.92. The molecule has 0 radical (unpaired) electrons. The van der Waals surface area contributed by atoms with Crippen LogP contribution >= 0.6 is 12.2 Å². The van der Waals surface area contributed by atoms with Gasteiger partial charge in [0.2, 0.25) is 5.89 Å². The van der Waals surface area contributed by atoms with Crippen LogP contribution in [0.15, 0.2) is 59.0 Å². The van der Waals surface area contributed by atoms with E-state index in [2.05, 4.69) is 21.7 Å². The predicted octanol–water partition coefficient (Wildman–Crippen LogP) is 5.56. The number of methoxy groups -OCH3 is 1. The number of para-hydroxylation sites is 1. The highest BCUT2D eigenvalue weighted by atomic mass is 32.1. The molecule has 32 heavy (non-hydrogen) atoms. The van der Waals surface area contributed by atoms with Gasteiger partial charge in [0.1, 0.15) is 11.3 Å². The molecule has 3 aromatic carbocycles. The van der Waals surface area contributed by atoms with Crippen LogP contribution in [0.5, 0.6) is 5.75 Å². The second-order valence-corrected chi connectivity index (χ2v) is 7.94. The summed E-state index contributed by atoms with van der Waals surface area (Å²) in [7, 11) is 1.52. The Labute approximate surface area is 191 Å². The zero-order valence-corrected chi connectivity index (χ0v) is 19.1. The van der Waals surface area contributed by atoms with Crippen molar-refractivity contribution in [1.82, 2.24) is 10.3 Å². The molecule has 0 saturated carbocycles. The van der Waals surface area contributed by atoms with Crippen molar-refractivity contribution in [3.63, 3.8) is 0 Å². The summed E-state index contributed by atoms with van der Waals surface area (Å²) >= 11 is 5.37. The summed E-state index contributed by atoms with van der Waals surface area (Å²) in [4.78, 5) is 17.3. The molecule has 0 aliphatic carbocycles. The van der Waals surface area contributed by atoms with E-state index in [-0.39, 0.29) is 11.0 Å². The number of anilines is 1. The Morgan fingerprint density at radius 1 is 1.06 bits per heavy atom. The van der Waals surface area contributed by atoms with Gasteiger partial charge in [0.05, 0.1) is 12.7 Å². The van der Waals surface area contributed by atoms with Gasteiger partial charge in [-0.25, -0.2) is 4.98 Å². The van der Waals surface area contributed by atoms with Crippen molar-refractivity contribution in [2.75, 3.05) is 12.4 Å². The fourth-order valence-electron chi connectivity index (χ4n) is 3.65. The van der Waals surface area contributed by atoms with Gasteiger partial charge in [0, 0.05) is 11.3 Å². The molecule has 0 spiro atoms. The molecule has 2 N–H and O–H groups in total. The number of nitrogens with one attached hydrogen (secondary N) is 2. The van der Waals surface area contributed by atoms with E-state index in [4.69, 9.17) is 21.4 Å². The largest absolute Gasteiger partial charge is 0.496 e. The Morgan fingerprint density at radius 2 is 1.84 bits per heavy atom. The van der Waals surface area contributed by atoms with Gasteiger partial charge in [-0.3, -0.25) is 10.1 Å². The van der Waals surface area contributed by atoms with Gasteiger partial charge in [-0.2, -0.15) is 0 Å². The van der Waals surface area contributed by atoms with Crippen LogP contribution in [0.4, 0.5) is 5.69 Å². The molecule has 1 aromatic heterocycles. The van der Waals surface area contributed by atoms with Crippen molar-refractivity contribution in [3.8, 4) is 17.2 Å². The highest BCUT2D eigenvalue weighted by Crippen LogP contribution is 2.32. The first-order chi connectivity index (χ1) is 15.4. The monoisotopic (exact) mass is 445 g/mol. The van der Waals surface area contributed by atoms with Crippen LogP contribution in [-0.2, 0) is 0 Å². The van der Waals surface area contributed by atoms with Crippen LogP contribution in [0.2, 0.25) is 0 Å². The lowest BCUT2D eigenvalue weighted by Gasteiger charge is -2.14. The van der Waals surface area contributed by atoms with E-state index >= 15 is 0 Å². The number of benzene rings is 3. The molecule has 7 heteroatoms. The third-order valence-electron chi connectivity index (χ3n) is 5.21. The number of hydrogen-bond donors (Lipinski definition) is 2. The molecular formula is C25H23N3O3S. The Morgan fingerprint density at radius 3 is 2.62 bits per heavy atom. The van der Waals surface area contributed by atoms with Crippen molar-refractivity contribution >= 4 is 40.0 Å². The fraction of sp³-hybridized carbons (Fsp3) is 0.160. The van der Waals surface area contributed by atoms with Crippen LogP contribution < -0.4 is 15.4 Å². The molecule has 0 aliphatic rings. The number of hydrogen-bond acceptors (Lipinski definition) is 5. The first-order valence-electron chi connectivity index (χ1n) is 10.1. The third kappa shape index (κ3) is 4.20. The number of aryl methyl sites for hydroxylation is 2. The van der Waals surface area contributed by atoms with Crippen LogP contribution in [0.3, 0.4) is 0 Å². The summed E-state index contributed by atoms with van der Waals surface area (Å²) in [6.07, 6.45) is 0. The Balaban J connectivity index is 1.57. The second kappa shape index (κ2) is 8.80. The summed E-state index contributed by atoms with van der Waals surface area (Å²) in [5.74, 6) is 0.671. The molecule has 0 atom stereocenters. The summed E-state index contributed by atoms with van der Waals surface area (Å²) in [6, 6.07) is 16.8. The zero-order valence-electron chi connectivity index (χ0n) is 18.3. The molecule has 0 aliphatic heterocycles. The van der Waals surface area contributed by atoms with Crippen molar-refractivity contribution in [1.29, 1.82) is 0 Å². The molecule has 0 saturated heterocycles. The molecule has 1 amide bonds. The van der Waals surface area contributed by atoms with E-state index in [0.717, 1.165) is 39.0 Å². The SMILES string of the molecule is COc1ccccc1C(=O)NC(=S)Nc1cccc(-c2nc3cc(C)cc(C)c3o2)c1C. The van der Waals surface area contributed by atoms with E-state index in [0.29, 0.717) is 17.2 Å². The van der Waals surface area contributed by atoms with E-state index < -0.39 is 0 Å². The Bertz CT molecular complexity index is 1340. The van der Waals surface area contributed by atoms with Crippen LogP contribution in [0.25, 0.3) is 22.6 Å². The average molecular weight is 446 g/mol. The molecular weight excluding hydrogens is 422 g/mol. The number of rotatable bonds is 4. The van der Waals surface area contributed by atoms with Gasteiger partial charge in [-0.1, -0.05) is 24.3 Å². The second-order valence-electron chi connectivity index (χ2n) is 7.54. The van der Waals surface area contributed by atoms with Gasteiger partial charge in [-0.05, 0) is 80.0 Å². The van der Waals surface area contributed by atoms with Gasteiger partial charge in [0.25, 0.3) is 5.91 Å². The Hall–Kier alpha value is -3.71. The normalized spacial score (nSPS) is 10.8. The number of carbonyl (C=O) groups is 1. The lowest BCUT2D eigenvalue weighted by molar-refractivity contribution is 0.0975. The maximum atomic E-state index is 12.6. The average Bonchev–Trinajstić information content (AvgIpc) is 3.19. The molecule has 1 heterocycles. The standard InChI is InChI=1S/C25H23N3O3S/c1-14-12-15(2)22-20(13-14)26-24(31-22)17-9-7-10-19(16(17)3)27-25(32)28-23(29)18-8-5-6-11-21(18)30-4/h5-13H,1-4H3,(H2,27,28,29,32). The first-order valence-corrected chi connectivity index (χ1v) is 10.5. The number of thiocarbonyl (C=S) groups is 1. The number of amides is 1. The van der Waals surface area contributed by atoms with Crippen molar-refractivity contribution < 1.29 is 13.9 Å². The lowest BCUT2D eigenvalue weighted by atomic mass is 10.1. The molecule has 0 bridgehead atoms. The molecule has 4 rings (SSSR count). The summed E-state index contributed by atoms with van der Waals surface area (Å²) in [5, 5.41) is 5.99. The molecule has 6 nitrogen and oxygen atoms in total. The van der Waals surface area contributed by atoms with Crippen molar-refractivity contribution in [2.45, 2.75) is 20.8 Å². The highest BCUT2D eigenvalue weighted by molar-refractivity contribution is 7.80. The van der Waals surface area contributed by atoms with Gasteiger partial charge >= 0.3 is 0 Å². The van der Waals surface area contributed by atoms with Crippen LogP contribution in [0, 0.1) is 20.8 Å². The number of aromatic nitrogens is 1. The highest BCUT2D eigenvalue weighted by Gasteiger charge is 2.16. The number of nitrogens with zero attached hydrogens (tertiary/aromatic N) is 1. The molecule has 0 unspecified atom stereocenters. The number of fused-ring (bicyclic) bond motifs is 1. The number of carbonyl (C=O) groups excluding carboxylic acids is 1. The minimum absolute atomic E-state index is 0.185. The van der Waals surface area contributed by atoms with Gasteiger partial charge in [-0.15, -0.1) is 0 Å². The topological polar surface area (TPSA) is 76.4 Å². The first kappa shape index (κ1) is 21.5. The fourth-order valence-corrected chi connectivity index (χ4v) is 3.85. The van der Waals surface area contributed by atoms with E-state index in [9.17, 15) is 4.79 Å². The van der Waals surface area contributed by atoms with Crippen LogP contribution in [-0.4, -0.2) is 23.1 Å². The number of oxazole rings is 1. The maximum absolute atomic E-state index is 12.6. The zero-order chi connectivity index (χ0) is 22.8. The van der Waals surface area contributed by atoms with E-state index in [1.54, 1.807) is 24.3 Å². The van der Waals surface area contributed by atoms with Crippen molar-refractivity contribution in [3.05, 3.63) is 76.9 Å². The summed E-state index contributed by atoms with van der Waals surface area (Å²) in [6.45, 7) is 6.00. The third-order valence-corrected chi connectivity index (χ3v) is 5.42. The minimum atomic E-state index is -0.349. The molecule has 4 aromatic rings. The molecule has 162 valence electrons. The summed E-state index contributed by atoms with van der Waals surface area (Å²) in [5.41, 5.74) is 6.70. The van der Waals surface area contributed by atoms with E-state index in [1.165, 1.54) is 7.11 Å². The summed E-state index contributed by atoms with van der Waals surface area (Å²) < 4.78 is 11.3. The lowest BCUT2D eigenvalue weighted by Crippen LogP contribution is -2.34. The molecule has 0 fully saturated rings.